The lowest BCUT2D eigenvalue weighted by atomic mass is 9.88. The van der Waals surface area contributed by atoms with Crippen molar-refractivity contribution in [2.75, 3.05) is 7.05 Å². The number of benzene rings is 1. The van der Waals surface area contributed by atoms with E-state index in [-0.39, 0.29) is 30.6 Å². The Balaban J connectivity index is 1.42. The van der Waals surface area contributed by atoms with E-state index in [0.717, 1.165) is 24.8 Å². The molecular formula is C23H24FN3O2S. The van der Waals surface area contributed by atoms with E-state index in [4.69, 9.17) is 0 Å². The van der Waals surface area contributed by atoms with Crippen molar-refractivity contribution in [2.45, 2.75) is 44.2 Å². The number of ketones is 1. The Hall–Kier alpha value is -2.56. The zero-order valence-electron chi connectivity index (χ0n) is 16.8. The molecule has 0 unspecified atom stereocenters. The van der Waals surface area contributed by atoms with E-state index in [1.165, 1.54) is 17.4 Å². The van der Waals surface area contributed by atoms with Gasteiger partial charge in [-0.2, -0.15) is 5.26 Å². The molecule has 2 aromatic rings. The fourth-order valence-electron chi connectivity index (χ4n) is 4.64. The highest BCUT2D eigenvalue weighted by molar-refractivity contribution is 7.12. The first kappa shape index (κ1) is 20.7. The molecule has 1 aliphatic heterocycles. The van der Waals surface area contributed by atoms with Gasteiger partial charge in [0.2, 0.25) is 0 Å². The van der Waals surface area contributed by atoms with Crippen LogP contribution < -0.4 is 10.6 Å². The van der Waals surface area contributed by atoms with E-state index in [9.17, 15) is 19.2 Å². The number of halogens is 1. The van der Waals surface area contributed by atoms with E-state index in [2.05, 4.69) is 16.7 Å². The van der Waals surface area contributed by atoms with Crippen LogP contribution in [0.25, 0.3) is 11.1 Å². The first-order valence-electron chi connectivity index (χ1n) is 10.3. The van der Waals surface area contributed by atoms with Crippen LogP contribution in [0.1, 0.15) is 40.9 Å². The molecule has 2 fully saturated rings. The highest BCUT2D eigenvalue weighted by atomic mass is 32.1. The van der Waals surface area contributed by atoms with Crippen LogP contribution in [0.4, 0.5) is 4.39 Å². The number of carbonyl (C=O) groups excluding carboxylic acids is 2. The van der Waals surface area contributed by atoms with Crippen molar-refractivity contribution in [2.24, 2.45) is 11.8 Å². The number of hydrogen-bond donors (Lipinski definition) is 2. The summed E-state index contributed by atoms with van der Waals surface area (Å²) in [6.45, 7) is 0. The normalized spacial score (nSPS) is 23.2. The summed E-state index contributed by atoms with van der Waals surface area (Å²) in [5.74, 6) is -0.644. The summed E-state index contributed by atoms with van der Waals surface area (Å²) in [4.78, 5) is 24.9. The number of nitriles is 1. The number of nitrogens with zero attached hydrogens (tertiary/aromatic N) is 1. The maximum atomic E-state index is 14.7. The molecule has 1 amide bonds. The number of fused-ring (bicyclic) bond motifs is 2. The zero-order valence-corrected chi connectivity index (χ0v) is 17.6. The van der Waals surface area contributed by atoms with Crippen molar-refractivity contribution in [1.29, 1.82) is 5.26 Å². The van der Waals surface area contributed by atoms with E-state index in [1.54, 1.807) is 25.2 Å². The number of Topliss-reactive ketones (excluding diaryl/α,β-unsaturated/α-hetero) is 1. The van der Waals surface area contributed by atoms with Crippen molar-refractivity contribution < 1.29 is 14.0 Å². The monoisotopic (exact) mass is 425 g/mol. The van der Waals surface area contributed by atoms with Gasteiger partial charge in [-0.3, -0.25) is 9.59 Å². The predicted octanol–water partition coefficient (Wildman–Crippen LogP) is 3.70. The summed E-state index contributed by atoms with van der Waals surface area (Å²) in [7, 11) is 1.57. The largest absolute Gasteiger partial charge is 0.354 e. The molecule has 4 rings (SSSR count). The molecule has 1 aliphatic carbocycles. The third-order valence-electron chi connectivity index (χ3n) is 6.24. The van der Waals surface area contributed by atoms with Crippen LogP contribution in [0, 0.1) is 29.0 Å². The molecule has 1 aromatic heterocycles. The van der Waals surface area contributed by atoms with Gasteiger partial charge in [-0.1, -0.05) is 12.1 Å². The molecular weight excluding hydrogens is 401 g/mol. The SMILES string of the molecule is CNC(=O)c1cc(-c2ccc(C[C@@H](C#N)CC(=O)[C@H]3N[C@@H]4CC[C@H]3C4)c(F)c2)cs1. The van der Waals surface area contributed by atoms with Crippen LogP contribution in [0.2, 0.25) is 0 Å². The van der Waals surface area contributed by atoms with Gasteiger partial charge < -0.3 is 10.6 Å². The molecule has 7 heteroatoms. The minimum atomic E-state index is -0.542. The van der Waals surface area contributed by atoms with Gasteiger partial charge in [0.15, 0.2) is 5.78 Å². The molecule has 2 aliphatic rings. The molecule has 2 N–H and O–H groups in total. The molecule has 1 aromatic carbocycles. The van der Waals surface area contributed by atoms with Crippen LogP contribution in [-0.2, 0) is 11.2 Å². The van der Waals surface area contributed by atoms with Gasteiger partial charge >= 0.3 is 0 Å². The van der Waals surface area contributed by atoms with Crippen molar-refractivity contribution in [3.05, 3.63) is 45.9 Å². The zero-order chi connectivity index (χ0) is 21.3. The lowest BCUT2D eigenvalue weighted by Crippen LogP contribution is -2.42. The standard InChI is InChI=1S/C23H24FN3O2S/c1-26-23(29)21-10-17(12-30-21)14-2-3-15(19(24)9-14)6-13(11-25)7-20(28)22-16-4-5-18(8-16)27-22/h2-3,9-10,12-13,16,18,22,27H,4-8H2,1H3,(H,26,29)/t13-,16+,18-,22+/m1/s1. The maximum absolute atomic E-state index is 14.7. The van der Waals surface area contributed by atoms with Crippen molar-refractivity contribution in [3.8, 4) is 17.2 Å². The second-order valence-corrected chi connectivity index (χ2v) is 9.11. The van der Waals surface area contributed by atoms with Crippen LogP contribution in [0.5, 0.6) is 0 Å². The van der Waals surface area contributed by atoms with Gasteiger partial charge in [0.25, 0.3) is 5.91 Å². The number of thiophene rings is 1. The Morgan fingerprint density at radius 2 is 2.17 bits per heavy atom. The smallest absolute Gasteiger partial charge is 0.261 e. The minimum Gasteiger partial charge on any atom is -0.354 e. The molecule has 4 atom stereocenters. The molecule has 1 saturated carbocycles. The van der Waals surface area contributed by atoms with E-state index in [1.807, 2.05) is 5.38 Å². The Bertz CT molecular complexity index is 1010. The number of carbonyl (C=O) groups is 2. The molecule has 30 heavy (non-hydrogen) atoms. The Morgan fingerprint density at radius 1 is 1.33 bits per heavy atom. The molecule has 1 saturated heterocycles. The average molecular weight is 426 g/mol. The molecule has 5 nitrogen and oxygen atoms in total. The lowest BCUT2D eigenvalue weighted by molar-refractivity contribution is -0.122. The first-order chi connectivity index (χ1) is 14.5. The second-order valence-electron chi connectivity index (χ2n) is 8.20. The molecule has 0 radical (unpaired) electrons. The Labute approximate surface area is 179 Å². The molecule has 156 valence electrons. The van der Waals surface area contributed by atoms with Gasteiger partial charge in [0, 0.05) is 19.5 Å². The van der Waals surface area contributed by atoms with E-state index < -0.39 is 11.7 Å². The highest BCUT2D eigenvalue weighted by Crippen LogP contribution is 2.36. The van der Waals surface area contributed by atoms with Gasteiger partial charge in [0.1, 0.15) is 5.82 Å². The fraction of sp³-hybridized carbons (Fsp3) is 0.435. The summed E-state index contributed by atoms with van der Waals surface area (Å²) in [6, 6.07) is 9.12. The van der Waals surface area contributed by atoms with Crippen LogP contribution >= 0.6 is 11.3 Å². The quantitative estimate of drug-likeness (QED) is 0.709. The summed E-state index contributed by atoms with van der Waals surface area (Å²) in [5.41, 5.74) is 1.89. The number of rotatable bonds is 7. The third-order valence-corrected chi connectivity index (χ3v) is 7.17. The van der Waals surface area contributed by atoms with Gasteiger partial charge in [-0.15, -0.1) is 11.3 Å². The third kappa shape index (κ3) is 4.16. The van der Waals surface area contributed by atoms with E-state index in [0.29, 0.717) is 28.0 Å². The van der Waals surface area contributed by atoms with E-state index >= 15 is 0 Å². The number of amides is 1. The summed E-state index contributed by atoms with van der Waals surface area (Å²) in [5, 5.41) is 17.3. The van der Waals surface area contributed by atoms with Gasteiger partial charge in [-0.05, 0) is 65.8 Å². The maximum Gasteiger partial charge on any atom is 0.261 e. The van der Waals surface area contributed by atoms with Gasteiger partial charge in [-0.25, -0.2) is 4.39 Å². The minimum absolute atomic E-state index is 0.0748. The van der Waals surface area contributed by atoms with Crippen LogP contribution in [0.15, 0.2) is 29.6 Å². The summed E-state index contributed by atoms with van der Waals surface area (Å²) >= 11 is 1.30. The second kappa shape index (κ2) is 8.66. The number of hydrogen-bond acceptors (Lipinski definition) is 5. The molecule has 0 spiro atoms. The topological polar surface area (TPSA) is 82.0 Å². The first-order valence-corrected chi connectivity index (χ1v) is 11.1. The number of nitrogens with one attached hydrogen (secondary N) is 2. The Kier molecular flexibility index (Phi) is 5.98. The van der Waals surface area contributed by atoms with Crippen molar-refractivity contribution in [1.82, 2.24) is 10.6 Å². The number of piperidine rings is 1. The molecule has 2 bridgehead atoms. The fourth-order valence-corrected chi connectivity index (χ4v) is 5.50. The van der Waals surface area contributed by atoms with Crippen LogP contribution in [0.3, 0.4) is 0 Å². The van der Waals surface area contributed by atoms with Gasteiger partial charge in [0.05, 0.1) is 22.9 Å². The summed E-state index contributed by atoms with van der Waals surface area (Å²) < 4.78 is 14.7. The van der Waals surface area contributed by atoms with Crippen molar-refractivity contribution in [3.63, 3.8) is 0 Å². The lowest BCUT2D eigenvalue weighted by Gasteiger charge is -2.22. The molecule has 2 heterocycles. The average Bonchev–Trinajstić information content (AvgIpc) is 3.50. The van der Waals surface area contributed by atoms with Crippen LogP contribution in [-0.4, -0.2) is 30.8 Å². The summed E-state index contributed by atoms with van der Waals surface area (Å²) in [6.07, 6.45) is 3.61. The predicted molar refractivity (Wildman–Crippen MR) is 114 cm³/mol. The van der Waals surface area contributed by atoms with Crippen molar-refractivity contribution >= 4 is 23.0 Å². The Morgan fingerprint density at radius 3 is 2.80 bits per heavy atom. The highest BCUT2D eigenvalue weighted by Gasteiger charge is 2.42.